The number of nitrogens with zero attached hydrogens (tertiary/aromatic N) is 3. The maximum absolute atomic E-state index is 12.8. The van der Waals surface area contributed by atoms with Crippen molar-refractivity contribution in [1.82, 2.24) is 14.5 Å². The molecule has 4 rings (SSSR count). The molecule has 0 aliphatic rings. The quantitative estimate of drug-likeness (QED) is 0.436. The molecule has 0 atom stereocenters. The minimum absolute atomic E-state index is 0.0637. The molecule has 4 aromatic rings. The van der Waals surface area contributed by atoms with Crippen LogP contribution in [0.25, 0.3) is 11.0 Å². The summed E-state index contributed by atoms with van der Waals surface area (Å²) in [6.45, 7) is 0.100. The summed E-state index contributed by atoms with van der Waals surface area (Å²) in [4.78, 5) is 21.6. The smallest absolute Gasteiger partial charge is 0.294 e. The molecule has 0 amide bonds. The van der Waals surface area contributed by atoms with E-state index in [4.69, 9.17) is 33.0 Å². The minimum Gasteiger partial charge on any atom is -0.448 e. The van der Waals surface area contributed by atoms with Gasteiger partial charge in [0.25, 0.3) is 5.56 Å². The molecule has 7 nitrogen and oxygen atoms in total. The molecule has 0 bridgehead atoms. The SMILES string of the molecule is Cn1c(=O)c(Oc2c(Cl)cccc2Cl)cc2cnc(Nc3ccc(CCO)cc3)nc21. The number of aromatic nitrogens is 3. The number of rotatable bonds is 6. The van der Waals surface area contributed by atoms with Gasteiger partial charge in [-0.25, -0.2) is 4.98 Å². The van der Waals surface area contributed by atoms with Crippen molar-refractivity contribution in [3.63, 3.8) is 0 Å². The van der Waals surface area contributed by atoms with Gasteiger partial charge in [0.15, 0.2) is 11.5 Å². The van der Waals surface area contributed by atoms with Crippen molar-refractivity contribution in [2.45, 2.75) is 6.42 Å². The minimum atomic E-state index is -0.388. The highest BCUT2D eigenvalue weighted by atomic mass is 35.5. The molecule has 31 heavy (non-hydrogen) atoms. The molecule has 0 saturated carbocycles. The van der Waals surface area contributed by atoms with Crippen LogP contribution in [-0.2, 0) is 13.5 Å². The Morgan fingerprint density at radius 3 is 2.52 bits per heavy atom. The average molecular weight is 457 g/mol. The van der Waals surface area contributed by atoms with Crippen LogP contribution in [0.1, 0.15) is 5.56 Å². The summed E-state index contributed by atoms with van der Waals surface area (Å²) < 4.78 is 7.11. The Morgan fingerprint density at radius 1 is 1.13 bits per heavy atom. The van der Waals surface area contributed by atoms with Gasteiger partial charge in [0, 0.05) is 30.9 Å². The van der Waals surface area contributed by atoms with Crippen LogP contribution in [0.3, 0.4) is 0 Å². The zero-order valence-electron chi connectivity index (χ0n) is 16.5. The Bertz CT molecular complexity index is 1290. The molecule has 2 aromatic carbocycles. The number of aliphatic hydroxyl groups excluding tert-OH is 1. The van der Waals surface area contributed by atoms with Crippen molar-refractivity contribution < 1.29 is 9.84 Å². The summed E-state index contributed by atoms with van der Waals surface area (Å²) in [5.74, 6) is 0.625. The predicted octanol–water partition coefficient (Wildman–Crippen LogP) is 4.71. The van der Waals surface area contributed by atoms with E-state index in [9.17, 15) is 4.79 Å². The number of benzene rings is 2. The van der Waals surface area contributed by atoms with Crippen LogP contribution in [0.5, 0.6) is 11.5 Å². The average Bonchev–Trinajstić information content (AvgIpc) is 2.76. The maximum Gasteiger partial charge on any atom is 0.294 e. The summed E-state index contributed by atoms with van der Waals surface area (Å²) in [5.41, 5.74) is 1.87. The summed E-state index contributed by atoms with van der Waals surface area (Å²) in [5, 5.41) is 13.3. The number of aryl methyl sites for hydroxylation is 1. The summed E-state index contributed by atoms with van der Waals surface area (Å²) >= 11 is 12.3. The third-order valence-corrected chi connectivity index (χ3v) is 5.25. The monoisotopic (exact) mass is 456 g/mol. The van der Waals surface area contributed by atoms with Gasteiger partial charge < -0.3 is 15.2 Å². The number of aliphatic hydroxyl groups is 1. The van der Waals surface area contributed by atoms with Gasteiger partial charge in [-0.2, -0.15) is 4.98 Å². The molecule has 0 spiro atoms. The van der Waals surface area contributed by atoms with Gasteiger partial charge in [0.1, 0.15) is 5.65 Å². The fourth-order valence-corrected chi connectivity index (χ4v) is 3.53. The molecule has 2 aromatic heterocycles. The summed E-state index contributed by atoms with van der Waals surface area (Å²) in [6, 6.07) is 14.1. The first-order chi connectivity index (χ1) is 15.0. The van der Waals surface area contributed by atoms with Crippen molar-refractivity contribution >= 4 is 45.9 Å². The first kappa shape index (κ1) is 21.1. The maximum atomic E-state index is 12.8. The summed E-state index contributed by atoms with van der Waals surface area (Å²) in [7, 11) is 1.60. The molecule has 0 radical (unpaired) electrons. The first-order valence-corrected chi connectivity index (χ1v) is 10.2. The number of pyridine rings is 1. The number of ether oxygens (including phenoxy) is 1. The first-order valence-electron chi connectivity index (χ1n) is 9.41. The zero-order chi connectivity index (χ0) is 22.0. The van der Waals surface area contributed by atoms with Crippen molar-refractivity contribution in [3.8, 4) is 11.5 Å². The van der Waals surface area contributed by atoms with Crippen LogP contribution >= 0.6 is 23.2 Å². The largest absolute Gasteiger partial charge is 0.448 e. The van der Waals surface area contributed by atoms with E-state index in [0.29, 0.717) is 33.4 Å². The Morgan fingerprint density at radius 2 is 1.84 bits per heavy atom. The fourth-order valence-electron chi connectivity index (χ4n) is 3.05. The number of fused-ring (bicyclic) bond motifs is 1. The number of nitrogens with one attached hydrogen (secondary N) is 1. The van der Waals surface area contributed by atoms with Crippen LogP contribution < -0.4 is 15.6 Å². The third-order valence-electron chi connectivity index (χ3n) is 4.66. The molecule has 0 aliphatic heterocycles. The molecule has 0 saturated heterocycles. The lowest BCUT2D eigenvalue weighted by Gasteiger charge is -2.12. The van der Waals surface area contributed by atoms with Gasteiger partial charge in [-0.05, 0) is 42.3 Å². The lowest BCUT2D eigenvalue weighted by molar-refractivity contribution is 0.299. The van der Waals surface area contributed by atoms with Gasteiger partial charge in [-0.1, -0.05) is 41.4 Å². The van der Waals surface area contributed by atoms with E-state index in [2.05, 4.69) is 15.3 Å². The van der Waals surface area contributed by atoms with Crippen molar-refractivity contribution in [2.24, 2.45) is 7.05 Å². The molecular formula is C22H18Cl2N4O3. The van der Waals surface area contributed by atoms with Crippen molar-refractivity contribution in [1.29, 1.82) is 0 Å². The third kappa shape index (κ3) is 4.49. The number of anilines is 2. The number of hydrogen-bond donors (Lipinski definition) is 2. The zero-order valence-corrected chi connectivity index (χ0v) is 18.0. The molecule has 2 N–H and O–H groups in total. The lowest BCUT2D eigenvalue weighted by Crippen LogP contribution is -2.19. The second-order valence-electron chi connectivity index (χ2n) is 6.79. The van der Waals surface area contributed by atoms with E-state index in [1.54, 1.807) is 37.5 Å². The van der Waals surface area contributed by atoms with E-state index in [1.165, 1.54) is 4.57 Å². The predicted molar refractivity (Wildman–Crippen MR) is 122 cm³/mol. The molecule has 0 unspecified atom stereocenters. The topological polar surface area (TPSA) is 89.3 Å². The molecule has 2 heterocycles. The number of hydrogen-bond acceptors (Lipinski definition) is 6. The summed E-state index contributed by atoms with van der Waals surface area (Å²) in [6.07, 6.45) is 2.20. The molecule has 158 valence electrons. The Hall–Kier alpha value is -3.13. The highest BCUT2D eigenvalue weighted by molar-refractivity contribution is 6.37. The Labute approximate surface area is 187 Å². The highest BCUT2D eigenvalue weighted by Crippen LogP contribution is 2.35. The molecular weight excluding hydrogens is 439 g/mol. The highest BCUT2D eigenvalue weighted by Gasteiger charge is 2.15. The van der Waals surface area contributed by atoms with E-state index in [0.717, 1.165) is 11.3 Å². The molecule has 9 heteroatoms. The Balaban J connectivity index is 1.65. The van der Waals surface area contributed by atoms with E-state index < -0.39 is 0 Å². The number of halogens is 2. The lowest BCUT2D eigenvalue weighted by atomic mass is 10.1. The van der Waals surface area contributed by atoms with E-state index in [1.807, 2.05) is 24.3 Å². The number of para-hydroxylation sites is 1. The van der Waals surface area contributed by atoms with E-state index in [-0.39, 0.29) is 23.7 Å². The van der Waals surface area contributed by atoms with Crippen molar-refractivity contribution in [2.75, 3.05) is 11.9 Å². The Kier molecular flexibility index (Phi) is 6.08. The normalized spacial score (nSPS) is 11.0. The van der Waals surface area contributed by atoms with E-state index >= 15 is 0 Å². The second kappa shape index (κ2) is 8.93. The fraction of sp³-hybridized carbons (Fsp3) is 0.136. The van der Waals surface area contributed by atoms with Gasteiger partial charge in [0.05, 0.1) is 10.0 Å². The van der Waals surface area contributed by atoms with Gasteiger partial charge in [0.2, 0.25) is 5.95 Å². The van der Waals surface area contributed by atoms with Crippen LogP contribution in [0, 0.1) is 0 Å². The molecule has 0 aliphatic carbocycles. The van der Waals surface area contributed by atoms with Gasteiger partial charge in [-0.15, -0.1) is 0 Å². The van der Waals surface area contributed by atoms with Crippen LogP contribution in [0.4, 0.5) is 11.6 Å². The van der Waals surface area contributed by atoms with Gasteiger partial charge in [-0.3, -0.25) is 9.36 Å². The van der Waals surface area contributed by atoms with Crippen LogP contribution in [0.15, 0.2) is 59.5 Å². The standard InChI is InChI=1S/C22H18Cl2N4O3/c1-28-20-14(11-18(21(28)30)31-19-16(23)3-2-4-17(19)24)12-25-22(27-20)26-15-7-5-13(6-8-15)9-10-29/h2-8,11-12,29H,9-10H2,1H3,(H,25,26,27). The van der Waals surface area contributed by atoms with Crippen LogP contribution in [0.2, 0.25) is 10.0 Å². The molecule has 0 fully saturated rings. The van der Waals surface area contributed by atoms with Crippen LogP contribution in [-0.4, -0.2) is 26.2 Å². The second-order valence-corrected chi connectivity index (χ2v) is 7.61. The van der Waals surface area contributed by atoms with Crippen molar-refractivity contribution in [3.05, 3.63) is 80.7 Å². The van der Waals surface area contributed by atoms with Gasteiger partial charge >= 0.3 is 0 Å².